The van der Waals surface area contributed by atoms with Crippen LogP contribution in [0.4, 0.5) is 0 Å². The lowest BCUT2D eigenvalue weighted by atomic mass is 9.98. The third kappa shape index (κ3) is 3.72. The van der Waals surface area contributed by atoms with E-state index in [0.717, 1.165) is 19.1 Å². The lowest BCUT2D eigenvalue weighted by Crippen LogP contribution is -2.49. The van der Waals surface area contributed by atoms with Gasteiger partial charge in [0.1, 0.15) is 0 Å². The summed E-state index contributed by atoms with van der Waals surface area (Å²) in [5.41, 5.74) is 5.92. The second kappa shape index (κ2) is 5.99. The van der Waals surface area contributed by atoms with Gasteiger partial charge in [0.05, 0.1) is 0 Å². The Balaban J connectivity index is 2.33. The molecule has 0 aromatic carbocycles. The summed E-state index contributed by atoms with van der Waals surface area (Å²) >= 11 is 0. The van der Waals surface area contributed by atoms with E-state index in [4.69, 9.17) is 5.73 Å². The first-order valence-electron chi connectivity index (χ1n) is 6.59. The predicted molar refractivity (Wildman–Crippen MR) is 70.6 cm³/mol. The monoisotopic (exact) mass is 227 g/mol. The summed E-state index contributed by atoms with van der Waals surface area (Å²) in [5, 5.41) is 0. The molecule has 3 heteroatoms. The molecule has 1 unspecified atom stereocenters. The highest BCUT2D eigenvalue weighted by molar-refractivity contribution is 4.82. The molecule has 1 atom stereocenters. The number of nitrogens with zero attached hydrogens (tertiary/aromatic N) is 2. The molecule has 0 aromatic rings. The molecule has 1 fully saturated rings. The Morgan fingerprint density at radius 2 is 2.06 bits per heavy atom. The highest BCUT2D eigenvalue weighted by Crippen LogP contribution is 2.19. The van der Waals surface area contributed by atoms with E-state index in [1.165, 1.54) is 32.2 Å². The van der Waals surface area contributed by atoms with Crippen molar-refractivity contribution >= 4 is 0 Å². The summed E-state index contributed by atoms with van der Waals surface area (Å²) in [6.45, 7) is 7.59. The fourth-order valence-electron chi connectivity index (χ4n) is 2.31. The van der Waals surface area contributed by atoms with Crippen molar-refractivity contribution in [2.45, 2.75) is 51.1 Å². The van der Waals surface area contributed by atoms with Crippen LogP contribution in [-0.2, 0) is 0 Å². The molecule has 0 radical (unpaired) electrons. The van der Waals surface area contributed by atoms with Gasteiger partial charge in [0.15, 0.2) is 0 Å². The molecule has 16 heavy (non-hydrogen) atoms. The minimum Gasteiger partial charge on any atom is -0.329 e. The van der Waals surface area contributed by atoms with Crippen molar-refractivity contribution in [1.82, 2.24) is 9.80 Å². The minimum absolute atomic E-state index is 0.132. The molecule has 0 aromatic heterocycles. The molecule has 0 spiro atoms. The number of likely N-dealkylation sites (tertiary alicyclic amines) is 1. The van der Waals surface area contributed by atoms with Crippen molar-refractivity contribution < 1.29 is 0 Å². The number of piperidine rings is 1. The maximum absolute atomic E-state index is 5.79. The third-order valence-corrected chi connectivity index (χ3v) is 4.25. The molecular weight excluding hydrogens is 198 g/mol. The number of hydrogen-bond donors (Lipinski definition) is 1. The number of rotatable bonds is 5. The Labute approximate surface area is 101 Å². The zero-order chi connectivity index (χ0) is 12.2. The summed E-state index contributed by atoms with van der Waals surface area (Å²) in [6, 6.07) is 0.782. The highest BCUT2D eigenvalue weighted by Gasteiger charge is 2.24. The van der Waals surface area contributed by atoms with E-state index in [-0.39, 0.29) is 5.54 Å². The SMILES string of the molecule is CN1CCCCC1CCN(C)C(C)(C)CN. The van der Waals surface area contributed by atoms with Crippen molar-refractivity contribution in [3.8, 4) is 0 Å². The van der Waals surface area contributed by atoms with Gasteiger partial charge in [-0.3, -0.25) is 4.90 Å². The summed E-state index contributed by atoms with van der Waals surface area (Å²) < 4.78 is 0. The number of likely N-dealkylation sites (N-methyl/N-ethyl adjacent to an activating group) is 1. The average Bonchev–Trinajstić information content (AvgIpc) is 2.27. The van der Waals surface area contributed by atoms with Gasteiger partial charge in [0, 0.05) is 18.1 Å². The van der Waals surface area contributed by atoms with E-state index >= 15 is 0 Å². The van der Waals surface area contributed by atoms with Crippen LogP contribution in [0, 0.1) is 0 Å². The molecule has 1 heterocycles. The van der Waals surface area contributed by atoms with Crippen molar-refractivity contribution in [1.29, 1.82) is 0 Å². The maximum Gasteiger partial charge on any atom is 0.0272 e. The van der Waals surface area contributed by atoms with E-state index in [9.17, 15) is 0 Å². The third-order valence-electron chi connectivity index (χ3n) is 4.25. The van der Waals surface area contributed by atoms with Crippen molar-refractivity contribution in [3.63, 3.8) is 0 Å². The van der Waals surface area contributed by atoms with Gasteiger partial charge in [-0.2, -0.15) is 0 Å². The van der Waals surface area contributed by atoms with E-state index in [1.54, 1.807) is 0 Å². The van der Waals surface area contributed by atoms with Gasteiger partial charge in [0.25, 0.3) is 0 Å². The molecule has 0 saturated carbocycles. The van der Waals surface area contributed by atoms with Gasteiger partial charge in [-0.1, -0.05) is 6.42 Å². The van der Waals surface area contributed by atoms with Crippen LogP contribution < -0.4 is 5.73 Å². The fourth-order valence-corrected chi connectivity index (χ4v) is 2.31. The van der Waals surface area contributed by atoms with Gasteiger partial charge in [-0.25, -0.2) is 0 Å². The molecular formula is C13H29N3. The highest BCUT2D eigenvalue weighted by atomic mass is 15.2. The molecule has 0 bridgehead atoms. The summed E-state index contributed by atoms with van der Waals surface area (Å²) in [6.07, 6.45) is 5.42. The second-order valence-electron chi connectivity index (χ2n) is 5.86. The Kier molecular flexibility index (Phi) is 5.22. The standard InChI is InChI=1S/C13H29N3/c1-13(2,11-14)16(4)10-8-12-7-5-6-9-15(12)3/h12H,5-11,14H2,1-4H3. The van der Waals surface area contributed by atoms with Gasteiger partial charge in [-0.05, 0) is 60.3 Å². The van der Waals surface area contributed by atoms with Crippen LogP contribution in [-0.4, -0.2) is 55.1 Å². The Morgan fingerprint density at radius 3 is 2.62 bits per heavy atom. The average molecular weight is 227 g/mol. The predicted octanol–water partition coefficient (Wildman–Crippen LogP) is 1.53. The first-order valence-corrected chi connectivity index (χ1v) is 6.59. The summed E-state index contributed by atoms with van der Waals surface area (Å²) in [5.74, 6) is 0. The molecule has 0 aliphatic carbocycles. The first-order chi connectivity index (χ1) is 7.47. The van der Waals surface area contributed by atoms with E-state index in [0.29, 0.717) is 0 Å². The quantitative estimate of drug-likeness (QED) is 0.773. The number of nitrogens with two attached hydrogens (primary N) is 1. The summed E-state index contributed by atoms with van der Waals surface area (Å²) in [4.78, 5) is 4.92. The first kappa shape index (κ1) is 13.9. The van der Waals surface area contributed by atoms with Crippen LogP contribution in [0.15, 0.2) is 0 Å². The second-order valence-corrected chi connectivity index (χ2v) is 5.86. The van der Waals surface area contributed by atoms with Crippen LogP contribution >= 0.6 is 0 Å². The number of hydrogen-bond acceptors (Lipinski definition) is 3. The van der Waals surface area contributed by atoms with E-state index < -0.39 is 0 Å². The van der Waals surface area contributed by atoms with Gasteiger partial charge in [0.2, 0.25) is 0 Å². The molecule has 96 valence electrons. The van der Waals surface area contributed by atoms with Gasteiger partial charge < -0.3 is 10.6 Å². The Morgan fingerprint density at radius 1 is 1.38 bits per heavy atom. The zero-order valence-electron chi connectivity index (χ0n) is 11.5. The molecule has 0 amide bonds. The smallest absolute Gasteiger partial charge is 0.0272 e. The van der Waals surface area contributed by atoms with Crippen molar-refractivity contribution in [2.24, 2.45) is 5.73 Å². The van der Waals surface area contributed by atoms with Crippen LogP contribution in [0.2, 0.25) is 0 Å². The van der Waals surface area contributed by atoms with Crippen molar-refractivity contribution in [3.05, 3.63) is 0 Å². The van der Waals surface area contributed by atoms with Gasteiger partial charge >= 0.3 is 0 Å². The molecule has 1 aliphatic rings. The topological polar surface area (TPSA) is 32.5 Å². The molecule has 1 aliphatic heterocycles. The lowest BCUT2D eigenvalue weighted by Gasteiger charge is -2.38. The van der Waals surface area contributed by atoms with Crippen LogP contribution in [0.5, 0.6) is 0 Å². The van der Waals surface area contributed by atoms with Crippen LogP contribution in [0.1, 0.15) is 39.5 Å². The zero-order valence-corrected chi connectivity index (χ0v) is 11.5. The molecule has 2 N–H and O–H groups in total. The van der Waals surface area contributed by atoms with Gasteiger partial charge in [-0.15, -0.1) is 0 Å². The normalized spacial score (nSPS) is 24.0. The molecule has 1 saturated heterocycles. The van der Waals surface area contributed by atoms with Crippen LogP contribution in [0.25, 0.3) is 0 Å². The van der Waals surface area contributed by atoms with E-state index in [2.05, 4.69) is 37.7 Å². The minimum atomic E-state index is 0.132. The lowest BCUT2D eigenvalue weighted by molar-refractivity contribution is 0.121. The van der Waals surface area contributed by atoms with Crippen molar-refractivity contribution in [2.75, 3.05) is 33.7 Å². The molecule has 3 nitrogen and oxygen atoms in total. The largest absolute Gasteiger partial charge is 0.329 e. The summed E-state index contributed by atoms with van der Waals surface area (Å²) in [7, 11) is 4.45. The van der Waals surface area contributed by atoms with E-state index in [1.807, 2.05) is 0 Å². The fraction of sp³-hybridized carbons (Fsp3) is 1.00. The Hall–Kier alpha value is -0.120. The van der Waals surface area contributed by atoms with Crippen LogP contribution in [0.3, 0.4) is 0 Å². The molecule has 1 rings (SSSR count). The Bertz CT molecular complexity index is 201. The maximum atomic E-state index is 5.79.